The molecule has 0 saturated carbocycles. The number of carbonyl (C=O) groups excluding carboxylic acids is 2. The minimum absolute atomic E-state index is 0. The Morgan fingerprint density at radius 1 is 1.30 bits per heavy atom. The van der Waals surface area contributed by atoms with E-state index in [1.807, 2.05) is 0 Å². The van der Waals surface area contributed by atoms with Gasteiger partial charge in [0.15, 0.2) is 0 Å². The van der Waals surface area contributed by atoms with E-state index in [4.69, 9.17) is 5.73 Å². The van der Waals surface area contributed by atoms with Crippen molar-refractivity contribution < 1.29 is 9.59 Å². The van der Waals surface area contributed by atoms with Crippen LogP contribution in [0.1, 0.15) is 44.0 Å². The van der Waals surface area contributed by atoms with Crippen molar-refractivity contribution in [3.63, 3.8) is 0 Å². The first-order valence-corrected chi connectivity index (χ1v) is 7.76. The lowest BCUT2D eigenvalue weighted by Gasteiger charge is -2.21. The summed E-state index contributed by atoms with van der Waals surface area (Å²) in [6.07, 6.45) is 1.18. The molecule has 2 amide bonds. The maximum atomic E-state index is 12.4. The predicted molar refractivity (Wildman–Crippen MR) is 97.0 cm³/mol. The quantitative estimate of drug-likeness (QED) is 0.800. The topological polar surface area (TPSA) is 75.4 Å². The molecule has 5 nitrogen and oxygen atoms in total. The maximum Gasteiger partial charge on any atom is 0.253 e. The van der Waals surface area contributed by atoms with Crippen LogP contribution in [0.5, 0.6) is 0 Å². The summed E-state index contributed by atoms with van der Waals surface area (Å²) in [7, 11) is 1.77. The highest BCUT2D eigenvalue weighted by atomic mass is 35.5. The maximum absolute atomic E-state index is 12.4. The van der Waals surface area contributed by atoms with Crippen LogP contribution < -0.4 is 11.1 Å². The van der Waals surface area contributed by atoms with Crippen molar-refractivity contribution in [1.29, 1.82) is 0 Å². The number of anilines is 1. The summed E-state index contributed by atoms with van der Waals surface area (Å²) >= 11 is 0. The molecule has 1 aromatic carbocycles. The van der Waals surface area contributed by atoms with Crippen molar-refractivity contribution in [2.24, 2.45) is 11.7 Å². The Morgan fingerprint density at radius 3 is 2.52 bits per heavy atom. The molecule has 1 atom stereocenters. The van der Waals surface area contributed by atoms with Gasteiger partial charge in [-0.3, -0.25) is 9.59 Å². The summed E-state index contributed by atoms with van der Waals surface area (Å²) < 4.78 is 0. The lowest BCUT2D eigenvalue weighted by molar-refractivity contribution is -0.115. The normalized spacial score (nSPS) is 11.6. The Morgan fingerprint density at radius 2 is 1.96 bits per heavy atom. The average Bonchev–Trinajstić information content (AvgIpc) is 2.51. The summed E-state index contributed by atoms with van der Waals surface area (Å²) in [6.45, 7) is 6.55. The number of hydrogen-bond donors (Lipinski definition) is 2. The van der Waals surface area contributed by atoms with Crippen LogP contribution in [-0.4, -0.2) is 36.3 Å². The second-order valence-electron chi connectivity index (χ2n) is 5.91. The lowest BCUT2D eigenvalue weighted by atomic mass is 10.0. The fraction of sp³-hybridized carbons (Fsp3) is 0.529. The van der Waals surface area contributed by atoms with Gasteiger partial charge in [-0.15, -0.1) is 12.4 Å². The molecule has 0 spiro atoms. The fourth-order valence-corrected chi connectivity index (χ4v) is 1.98. The molecule has 1 unspecified atom stereocenters. The SMILES string of the molecule is CCC(=O)Nc1cccc(C(=O)N(C)CCC(N)C(C)C)c1.Cl. The molecule has 0 aromatic heterocycles. The molecule has 3 N–H and O–H groups in total. The van der Waals surface area contributed by atoms with Gasteiger partial charge in [0.25, 0.3) is 5.91 Å². The molecular weight excluding hydrogens is 314 g/mol. The molecule has 0 aliphatic rings. The number of rotatable bonds is 7. The number of nitrogens with zero attached hydrogens (tertiary/aromatic N) is 1. The van der Waals surface area contributed by atoms with Gasteiger partial charge >= 0.3 is 0 Å². The van der Waals surface area contributed by atoms with Crippen LogP contribution in [0.3, 0.4) is 0 Å². The van der Waals surface area contributed by atoms with E-state index in [9.17, 15) is 9.59 Å². The van der Waals surface area contributed by atoms with Crippen molar-refractivity contribution >= 4 is 29.9 Å². The molecule has 0 aliphatic carbocycles. The number of amides is 2. The summed E-state index contributed by atoms with van der Waals surface area (Å²) in [5, 5.41) is 2.76. The molecule has 0 radical (unpaired) electrons. The molecule has 1 rings (SSSR count). The highest BCUT2D eigenvalue weighted by Gasteiger charge is 2.15. The Labute approximate surface area is 145 Å². The van der Waals surface area contributed by atoms with Crippen molar-refractivity contribution in [2.75, 3.05) is 18.9 Å². The van der Waals surface area contributed by atoms with Gasteiger partial charge in [0.1, 0.15) is 0 Å². The minimum Gasteiger partial charge on any atom is -0.342 e. The standard InChI is InChI=1S/C17H27N3O2.ClH/c1-5-16(21)19-14-8-6-7-13(11-14)17(22)20(4)10-9-15(18)12(2)3;/h6-8,11-12,15H,5,9-10,18H2,1-4H3,(H,19,21);1H. The molecular formula is C17H28ClN3O2. The van der Waals surface area contributed by atoms with E-state index in [1.54, 1.807) is 43.1 Å². The van der Waals surface area contributed by atoms with Gasteiger partial charge in [-0.25, -0.2) is 0 Å². The number of halogens is 1. The zero-order valence-corrected chi connectivity index (χ0v) is 15.2. The van der Waals surface area contributed by atoms with Crippen LogP contribution in [0.25, 0.3) is 0 Å². The van der Waals surface area contributed by atoms with Crippen molar-refractivity contribution in [1.82, 2.24) is 4.90 Å². The zero-order chi connectivity index (χ0) is 16.7. The van der Waals surface area contributed by atoms with Crippen LogP contribution in [0.2, 0.25) is 0 Å². The highest BCUT2D eigenvalue weighted by molar-refractivity contribution is 5.97. The summed E-state index contributed by atoms with van der Waals surface area (Å²) in [5.41, 5.74) is 7.22. The Hall–Kier alpha value is -1.59. The Bertz CT molecular complexity index is 520. The predicted octanol–water partition coefficient (Wildman–Crippen LogP) is 2.90. The van der Waals surface area contributed by atoms with Gasteiger partial charge < -0.3 is 16.0 Å². The average molecular weight is 342 g/mol. The molecule has 0 saturated heterocycles. The molecule has 0 fully saturated rings. The third kappa shape index (κ3) is 7.01. The van der Waals surface area contributed by atoms with Crippen LogP contribution in [-0.2, 0) is 4.79 Å². The summed E-state index contributed by atoms with van der Waals surface area (Å²) in [5.74, 6) is 0.264. The van der Waals surface area contributed by atoms with Crippen molar-refractivity contribution in [3.05, 3.63) is 29.8 Å². The second-order valence-corrected chi connectivity index (χ2v) is 5.91. The lowest BCUT2D eigenvalue weighted by Crippen LogP contribution is -2.34. The number of benzene rings is 1. The molecule has 0 aliphatic heterocycles. The number of nitrogens with one attached hydrogen (secondary N) is 1. The summed E-state index contributed by atoms with van der Waals surface area (Å²) in [6, 6.07) is 7.09. The van der Waals surface area contributed by atoms with Crippen molar-refractivity contribution in [2.45, 2.75) is 39.7 Å². The highest BCUT2D eigenvalue weighted by Crippen LogP contribution is 2.13. The van der Waals surface area contributed by atoms with Gasteiger partial charge in [0.05, 0.1) is 0 Å². The largest absolute Gasteiger partial charge is 0.342 e. The molecule has 130 valence electrons. The van der Waals surface area contributed by atoms with Crippen LogP contribution >= 0.6 is 12.4 Å². The first-order chi connectivity index (χ1) is 10.3. The third-order valence-electron chi connectivity index (χ3n) is 3.72. The van der Waals surface area contributed by atoms with Gasteiger partial charge in [-0.05, 0) is 30.5 Å². The molecule has 1 aromatic rings. The molecule has 0 heterocycles. The first-order valence-electron chi connectivity index (χ1n) is 7.76. The van der Waals surface area contributed by atoms with Crippen molar-refractivity contribution in [3.8, 4) is 0 Å². The smallest absolute Gasteiger partial charge is 0.253 e. The zero-order valence-electron chi connectivity index (χ0n) is 14.3. The third-order valence-corrected chi connectivity index (χ3v) is 3.72. The number of nitrogens with two attached hydrogens (primary N) is 1. The van der Waals surface area contributed by atoms with E-state index in [-0.39, 0.29) is 30.3 Å². The van der Waals surface area contributed by atoms with Crippen LogP contribution in [0, 0.1) is 5.92 Å². The van der Waals surface area contributed by atoms with Gasteiger partial charge in [0, 0.05) is 37.3 Å². The Kier molecular flexibility index (Phi) is 9.53. The molecule has 0 bridgehead atoms. The monoisotopic (exact) mass is 341 g/mol. The van der Waals surface area contributed by atoms with E-state index >= 15 is 0 Å². The second kappa shape index (κ2) is 10.2. The fourth-order valence-electron chi connectivity index (χ4n) is 1.98. The molecule has 6 heteroatoms. The van der Waals surface area contributed by atoms with E-state index < -0.39 is 0 Å². The van der Waals surface area contributed by atoms with E-state index in [2.05, 4.69) is 19.2 Å². The van der Waals surface area contributed by atoms with Gasteiger partial charge in [-0.2, -0.15) is 0 Å². The van der Waals surface area contributed by atoms with Crippen LogP contribution in [0.4, 0.5) is 5.69 Å². The summed E-state index contributed by atoms with van der Waals surface area (Å²) in [4.78, 5) is 25.5. The number of carbonyl (C=O) groups is 2. The van der Waals surface area contributed by atoms with E-state index in [0.717, 1.165) is 6.42 Å². The Balaban J connectivity index is 0.00000484. The van der Waals surface area contributed by atoms with E-state index in [0.29, 0.717) is 30.1 Å². The van der Waals surface area contributed by atoms with Crippen LogP contribution in [0.15, 0.2) is 24.3 Å². The first kappa shape index (κ1) is 21.4. The van der Waals surface area contributed by atoms with E-state index in [1.165, 1.54) is 0 Å². The minimum atomic E-state index is -0.0686. The number of hydrogen-bond acceptors (Lipinski definition) is 3. The van der Waals surface area contributed by atoms with Gasteiger partial charge in [0.2, 0.25) is 5.91 Å². The molecule has 23 heavy (non-hydrogen) atoms. The van der Waals surface area contributed by atoms with Gasteiger partial charge in [-0.1, -0.05) is 26.8 Å².